The molecule has 0 aromatic heterocycles. The Kier molecular flexibility index (Phi) is 4.86. The van der Waals surface area contributed by atoms with E-state index in [9.17, 15) is 9.59 Å². The molecule has 1 atom stereocenters. The third-order valence-corrected chi connectivity index (χ3v) is 5.69. The van der Waals surface area contributed by atoms with Crippen molar-refractivity contribution in [3.8, 4) is 0 Å². The van der Waals surface area contributed by atoms with E-state index in [0.717, 1.165) is 10.6 Å². The number of amides is 2. The molecule has 1 N–H and O–H groups in total. The van der Waals surface area contributed by atoms with Crippen molar-refractivity contribution in [3.05, 3.63) is 66.7 Å². The van der Waals surface area contributed by atoms with Crippen LogP contribution in [-0.4, -0.2) is 23.6 Å². The van der Waals surface area contributed by atoms with E-state index in [-0.39, 0.29) is 17.9 Å². The van der Waals surface area contributed by atoms with Crippen LogP contribution >= 0.6 is 11.8 Å². The molecule has 27 heavy (non-hydrogen) atoms. The highest BCUT2D eigenvalue weighted by Gasteiger charge is 2.29. The number of anilines is 2. The minimum Gasteiger partial charge on any atom is -0.324 e. The molecule has 1 unspecified atom stereocenters. The van der Waals surface area contributed by atoms with Crippen LogP contribution in [-0.2, 0) is 9.59 Å². The zero-order valence-electron chi connectivity index (χ0n) is 15.0. The van der Waals surface area contributed by atoms with Crippen LogP contribution in [0.15, 0.2) is 71.6 Å². The molecule has 2 amide bonds. The monoisotopic (exact) mass is 376 g/mol. The van der Waals surface area contributed by atoms with Crippen molar-refractivity contribution in [2.75, 3.05) is 16.0 Å². The standard InChI is InChI=1S/C22H20N2O2S/c1-15-12-21(25)23-19-8-4-5-9-20(19)24(15)22(26)14-27-18-11-10-16-6-2-3-7-17(16)13-18/h2-11,13,15H,12,14H2,1H3,(H,23,25). The number of thioether (sulfide) groups is 1. The fraction of sp³-hybridized carbons (Fsp3) is 0.182. The fourth-order valence-corrected chi connectivity index (χ4v) is 4.24. The number of nitrogens with one attached hydrogen (secondary N) is 1. The molecule has 136 valence electrons. The lowest BCUT2D eigenvalue weighted by atomic mass is 10.1. The molecular formula is C22H20N2O2S. The van der Waals surface area contributed by atoms with Crippen LogP contribution in [0.25, 0.3) is 10.8 Å². The number of nitrogens with zero attached hydrogens (tertiary/aromatic N) is 1. The van der Waals surface area contributed by atoms with Crippen molar-refractivity contribution in [1.82, 2.24) is 0 Å². The van der Waals surface area contributed by atoms with Crippen LogP contribution in [0, 0.1) is 0 Å². The number of para-hydroxylation sites is 2. The van der Waals surface area contributed by atoms with Gasteiger partial charge in [-0.2, -0.15) is 0 Å². The maximum atomic E-state index is 13.0. The van der Waals surface area contributed by atoms with Crippen molar-refractivity contribution in [2.45, 2.75) is 24.3 Å². The van der Waals surface area contributed by atoms with E-state index in [1.807, 2.05) is 49.4 Å². The fourth-order valence-electron chi connectivity index (χ4n) is 3.44. The maximum Gasteiger partial charge on any atom is 0.237 e. The number of rotatable bonds is 3. The highest BCUT2D eigenvalue weighted by atomic mass is 32.2. The molecule has 0 spiro atoms. The van der Waals surface area contributed by atoms with Crippen molar-refractivity contribution in [2.24, 2.45) is 0 Å². The molecule has 4 rings (SSSR count). The van der Waals surface area contributed by atoms with Crippen molar-refractivity contribution < 1.29 is 9.59 Å². The third kappa shape index (κ3) is 3.69. The topological polar surface area (TPSA) is 49.4 Å². The number of carbonyl (C=O) groups is 2. The van der Waals surface area contributed by atoms with Gasteiger partial charge in [-0.1, -0.05) is 42.5 Å². The minimum absolute atomic E-state index is 0.00427. The van der Waals surface area contributed by atoms with E-state index < -0.39 is 0 Å². The lowest BCUT2D eigenvalue weighted by Crippen LogP contribution is -2.40. The Hall–Kier alpha value is -2.79. The molecular weight excluding hydrogens is 356 g/mol. The van der Waals surface area contributed by atoms with E-state index in [4.69, 9.17) is 0 Å². The van der Waals surface area contributed by atoms with Gasteiger partial charge >= 0.3 is 0 Å². The average molecular weight is 376 g/mol. The van der Waals surface area contributed by atoms with Crippen molar-refractivity contribution in [1.29, 1.82) is 0 Å². The first-order valence-electron chi connectivity index (χ1n) is 8.94. The summed E-state index contributed by atoms with van der Waals surface area (Å²) in [4.78, 5) is 27.9. The number of carbonyl (C=O) groups excluding carboxylic acids is 2. The Morgan fingerprint density at radius 3 is 2.67 bits per heavy atom. The van der Waals surface area contributed by atoms with Crippen molar-refractivity contribution in [3.63, 3.8) is 0 Å². The van der Waals surface area contributed by atoms with Crippen LogP contribution in [0.2, 0.25) is 0 Å². The predicted octanol–water partition coefficient (Wildman–Crippen LogP) is 4.70. The van der Waals surface area contributed by atoms with Crippen LogP contribution in [0.4, 0.5) is 11.4 Å². The minimum atomic E-state index is -0.182. The Morgan fingerprint density at radius 1 is 1.07 bits per heavy atom. The van der Waals surface area contributed by atoms with E-state index in [1.54, 1.807) is 4.90 Å². The van der Waals surface area contributed by atoms with Gasteiger partial charge in [0.05, 0.1) is 17.1 Å². The first-order chi connectivity index (χ1) is 13.1. The highest BCUT2D eigenvalue weighted by molar-refractivity contribution is 8.00. The van der Waals surface area contributed by atoms with Gasteiger partial charge in [-0.05, 0) is 42.0 Å². The lowest BCUT2D eigenvalue weighted by Gasteiger charge is -2.27. The summed E-state index contributed by atoms with van der Waals surface area (Å²) in [5.74, 6) is 0.266. The van der Waals surface area contributed by atoms with Gasteiger partial charge in [0.1, 0.15) is 0 Å². The molecule has 1 heterocycles. The number of fused-ring (bicyclic) bond motifs is 2. The molecule has 0 fully saturated rings. The largest absolute Gasteiger partial charge is 0.324 e. The molecule has 5 heteroatoms. The summed E-state index contributed by atoms with van der Waals surface area (Å²) < 4.78 is 0. The van der Waals surface area contributed by atoms with Crippen LogP contribution in [0.5, 0.6) is 0 Å². The molecule has 0 aliphatic carbocycles. The Morgan fingerprint density at radius 2 is 1.81 bits per heavy atom. The Balaban J connectivity index is 1.55. The van der Waals surface area contributed by atoms with Gasteiger partial charge in [0.25, 0.3) is 0 Å². The van der Waals surface area contributed by atoms with Gasteiger partial charge in [-0.15, -0.1) is 11.8 Å². The molecule has 4 nitrogen and oxygen atoms in total. The van der Waals surface area contributed by atoms with Gasteiger partial charge in [0.2, 0.25) is 11.8 Å². The highest BCUT2D eigenvalue weighted by Crippen LogP contribution is 2.32. The summed E-state index contributed by atoms with van der Waals surface area (Å²) in [7, 11) is 0. The number of hydrogen-bond acceptors (Lipinski definition) is 3. The SMILES string of the molecule is CC1CC(=O)Nc2ccccc2N1C(=O)CSc1ccc2ccccc2c1. The molecule has 0 saturated carbocycles. The summed E-state index contributed by atoms with van der Waals surface area (Å²) in [6, 6.07) is 21.7. The normalized spacial score (nSPS) is 16.6. The lowest BCUT2D eigenvalue weighted by molar-refractivity contribution is -0.117. The van der Waals surface area contributed by atoms with Gasteiger partial charge < -0.3 is 10.2 Å². The van der Waals surface area contributed by atoms with E-state index in [2.05, 4.69) is 29.6 Å². The molecule has 0 radical (unpaired) electrons. The average Bonchev–Trinajstić information content (AvgIpc) is 2.80. The zero-order valence-corrected chi connectivity index (χ0v) is 15.8. The zero-order chi connectivity index (χ0) is 18.8. The maximum absolute atomic E-state index is 13.0. The Labute approximate surface area is 162 Å². The first kappa shape index (κ1) is 17.6. The number of hydrogen-bond donors (Lipinski definition) is 1. The third-order valence-electron chi connectivity index (χ3n) is 4.71. The van der Waals surface area contributed by atoms with Gasteiger partial charge in [0.15, 0.2) is 0 Å². The Bertz CT molecular complexity index is 1020. The second-order valence-electron chi connectivity index (χ2n) is 6.68. The van der Waals surface area contributed by atoms with E-state index >= 15 is 0 Å². The second-order valence-corrected chi connectivity index (χ2v) is 7.73. The van der Waals surface area contributed by atoms with Crippen LogP contribution < -0.4 is 10.2 Å². The second kappa shape index (κ2) is 7.45. The van der Waals surface area contributed by atoms with Crippen molar-refractivity contribution >= 4 is 45.7 Å². The first-order valence-corrected chi connectivity index (χ1v) is 9.93. The summed E-state index contributed by atoms with van der Waals surface area (Å²) >= 11 is 1.52. The smallest absolute Gasteiger partial charge is 0.237 e. The molecule has 1 aliphatic heterocycles. The van der Waals surface area contributed by atoms with E-state index in [0.29, 0.717) is 17.9 Å². The molecule has 0 saturated heterocycles. The summed E-state index contributed by atoms with van der Waals surface area (Å²) in [5.41, 5.74) is 1.45. The summed E-state index contributed by atoms with van der Waals surface area (Å²) in [5, 5.41) is 5.24. The molecule has 1 aliphatic rings. The van der Waals surface area contributed by atoms with E-state index in [1.165, 1.54) is 22.5 Å². The molecule has 3 aromatic carbocycles. The molecule has 3 aromatic rings. The van der Waals surface area contributed by atoms with Crippen LogP contribution in [0.3, 0.4) is 0 Å². The van der Waals surface area contributed by atoms with Gasteiger partial charge in [-0.25, -0.2) is 0 Å². The quantitative estimate of drug-likeness (QED) is 0.674. The predicted molar refractivity (Wildman–Crippen MR) is 111 cm³/mol. The molecule has 0 bridgehead atoms. The number of benzene rings is 3. The summed E-state index contributed by atoms with van der Waals surface area (Å²) in [6.45, 7) is 1.92. The van der Waals surface area contributed by atoms with Gasteiger partial charge in [-0.3, -0.25) is 9.59 Å². The van der Waals surface area contributed by atoms with Crippen LogP contribution in [0.1, 0.15) is 13.3 Å². The van der Waals surface area contributed by atoms with Gasteiger partial charge in [0, 0.05) is 17.4 Å². The summed E-state index contributed by atoms with van der Waals surface area (Å²) in [6.07, 6.45) is 0.293.